The third kappa shape index (κ3) is 3.94. The largest absolute Gasteiger partial charge is 0.486 e. The van der Waals surface area contributed by atoms with E-state index in [1.807, 2.05) is 6.07 Å². The molecule has 0 bridgehead atoms. The van der Waals surface area contributed by atoms with Gasteiger partial charge < -0.3 is 23.9 Å². The van der Waals surface area contributed by atoms with E-state index in [2.05, 4.69) is 5.32 Å². The van der Waals surface area contributed by atoms with E-state index in [4.69, 9.17) is 9.47 Å². The first-order chi connectivity index (χ1) is 15.6. The van der Waals surface area contributed by atoms with E-state index in [0.717, 1.165) is 10.9 Å². The van der Waals surface area contributed by atoms with Gasteiger partial charge in [0.15, 0.2) is 11.5 Å². The Morgan fingerprint density at radius 1 is 0.969 bits per heavy atom. The van der Waals surface area contributed by atoms with Crippen molar-refractivity contribution >= 4 is 22.5 Å². The van der Waals surface area contributed by atoms with E-state index in [1.165, 1.54) is 16.7 Å². The van der Waals surface area contributed by atoms with Crippen molar-refractivity contribution in [2.45, 2.75) is 13.1 Å². The molecule has 0 spiro atoms. The van der Waals surface area contributed by atoms with Crippen LogP contribution in [0.2, 0.25) is 0 Å². The summed E-state index contributed by atoms with van der Waals surface area (Å²) in [6.45, 7) is 1.15. The Morgan fingerprint density at radius 3 is 2.56 bits per heavy atom. The van der Waals surface area contributed by atoms with Crippen LogP contribution in [0.5, 0.6) is 11.5 Å². The third-order valence-corrected chi connectivity index (χ3v) is 5.27. The van der Waals surface area contributed by atoms with Gasteiger partial charge in [0.1, 0.15) is 31.1 Å². The Bertz CT molecular complexity index is 1380. The summed E-state index contributed by atoms with van der Waals surface area (Å²) in [7, 11) is 0. The molecule has 32 heavy (non-hydrogen) atoms. The van der Waals surface area contributed by atoms with E-state index < -0.39 is 0 Å². The normalized spacial score (nSPS) is 12.7. The summed E-state index contributed by atoms with van der Waals surface area (Å²) in [5, 5.41) is 3.55. The van der Waals surface area contributed by atoms with Crippen LogP contribution in [-0.4, -0.2) is 28.3 Å². The fourth-order valence-corrected chi connectivity index (χ4v) is 3.81. The smallest absolute Gasteiger partial charge is 0.275 e. The molecule has 3 heterocycles. The van der Waals surface area contributed by atoms with E-state index in [-0.39, 0.29) is 23.8 Å². The lowest BCUT2D eigenvalue weighted by Gasteiger charge is -2.19. The van der Waals surface area contributed by atoms with Crippen molar-refractivity contribution < 1.29 is 18.7 Å². The SMILES string of the molecule is O=C(Cn1ccc2ccn(Cc3cccc(F)c3)c2c1=O)Nc1ccc2c(c1)OCCO2. The van der Waals surface area contributed by atoms with Crippen molar-refractivity contribution in [2.24, 2.45) is 0 Å². The van der Waals surface area contributed by atoms with Gasteiger partial charge in [-0.3, -0.25) is 9.59 Å². The highest BCUT2D eigenvalue weighted by atomic mass is 19.1. The standard InChI is InChI=1S/C24H20FN3O4/c25-18-3-1-2-16(12-18)14-27-8-6-17-7-9-28(24(30)23(17)27)15-22(29)26-19-4-5-20-21(13-19)32-11-10-31-20/h1-9,12-13H,10-11,14-15H2,(H,26,29). The predicted octanol–water partition coefficient (Wildman–Crippen LogP) is 3.40. The molecule has 1 N–H and O–H groups in total. The highest BCUT2D eigenvalue weighted by Crippen LogP contribution is 2.32. The average molecular weight is 433 g/mol. The van der Waals surface area contributed by atoms with Crippen molar-refractivity contribution in [1.29, 1.82) is 0 Å². The van der Waals surface area contributed by atoms with Gasteiger partial charge in [-0.15, -0.1) is 0 Å². The van der Waals surface area contributed by atoms with E-state index in [0.29, 0.717) is 42.5 Å². The van der Waals surface area contributed by atoms with Gasteiger partial charge in [0.2, 0.25) is 5.91 Å². The molecular formula is C24H20FN3O4. The molecule has 2 aromatic heterocycles. The molecule has 0 saturated carbocycles. The number of nitrogens with zero attached hydrogens (tertiary/aromatic N) is 2. The fraction of sp³-hybridized carbons (Fsp3) is 0.167. The minimum absolute atomic E-state index is 0.144. The zero-order chi connectivity index (χ0) is 22.1. The monoisotopic (exact) mass is 433 g/mol. The molecule has 0 radical (unpaired) electrons. The van der Waals surface area contributed by atoms with Crippen LogP contribution >= 0.6 is 0 Å². The molecule has 162 valence electrons. The van der Waals surface area contributed by atoms with Gasteiger partial charge in [0.25, 0.3) is 5.56 Å². The number of hydrogen-bond donors (Lipinski definition) is 1. The number of amides is 1. The van der Waals surface area contributed by atoms with Gasteiger partial charge in [-0.05, 0) is 42.0 Å². The van der Waals surface area contributed by atoms with E-state index in [9.17, 15) is 14.0 Å². The van der Waals surface area contributed by atoms with Gasteiger partial charge in [0, 0.05) is 36.1 Å². The fourth-order valence-electron chi connectivity index (χ4n) is 3.81. The molecule has 0 fully saturated rings. The van der Waals surface area contributed by atoms with Crippen molar-refractivity contribution in [1.82, 2.24) is 9.13 Å². The number of aromatic nitrogens is 2. The van der Waals surface area contributed by atoms with Crippen LogP contribution in [0.1, 0.15) is 5.56 Å². The Labute approximate surface area is 182 Å². The molecule has 1 aliphatic rings. The first-order valence-electron chi connectivity index (χ1n) is 10.2. The lowest BCUT2D eigenvalue weighted by molar-refractivity contribution is -0.116. The van der Waals surface area contributed by atoms with E-state index >= 15 is 0 Å². The second-order valence-corrected chi connectivity index (χ2v) is 7.53. The second-order valence-electron chi connectivity index (χ2n) is 7.53. The second kappa shape index (κ2) is 8.22. The first kappa shape index (κ1) is 19.9. The average Bonchev–Trinajstić information content (AvgIpc) is 3.19. The highest BCUT2D eigenvalue weighted by Gasteiger charge is 2.14. The number of rotatable bonds is 5. The third-order valence-electron chi connectivity index (χ3n) is 5.27. The van der Waals surface area contributed by atoms with Crippen molar-refractivity contribution in [3.63, 3.8) is 0 Å². The molecule has 0 saturated heterocycles. The van der Waals surface area contributed by atoms with Crippen LogP contribution in [-0.2, 0) is 17.9 Å². The highest BCUT2D eigenvalue weighted by molar-refractivity contribution is 5.91. The molecule has 0 unspecified atom stereocenters. The number of fused-ring (bicyclic) bond motifs is 2. The maximum absolute atomic E-state index is 13.5. The van der Waals surface area contributed by atoms with Crippen LogP contribution in [0.4, 0.5) is 10.1 Å². The quantitative estimate of drug-likeness (QED) is 0.524. The molecule has 5 rings (SSSR count). The minimum atomic E-state index is -0.341. The van der Waals surface area contributed by atoms with Gasteiger partial charge in [0.05, 0.1) is 0 Å². The summed E-state index contributed by atoms with van der Waals surface area (Å²) in [6, 6.07) is 15.0. The van der Waals surface area contributed by atoms with Gasteiger partial charge in [-0.25, -0.2) is 4.39 Å². The molecule has 4 aromatic rings. The minimum Gasteiger partial charge on any atom is -0.486 e. The summed E-state index contributed by atoms with van der Waals surface area (Å²) >= 11 is 0. The first-order valence-corrected chi connectivity index (χ1v) is 10.2. The zero-order valence-electron chi connectivity index (χ0n) is 17.1. The number of ether oxygens (including phenoxy) is 2. The van der Waals surface area contributed by atoms with Gasteiger partial charge in [-0.2, -0.15) is 0 Å². The summed E-state index contributed by atoms with van der Waals surface area (Å²) in [4.78, 5) is 25.7. The molecule has 7 nitrogen and oxygen atoms in total. The Hall–Kier alpha value is -4.07. The zero-order valence-corrected chi connectivity index (χ0v) is 17.1. The summed E-state index contributed by atoms with van der Waals surface area (Å²) in [5.74, 6) is 0.538. The van der Waals surface area contributed by atoms with Crippen LogP contribution in [0.25, 0.3) is 10.9 Å². The van der Waals surface area contributed by atoms with Crippen molar-refractivity contribution in [3.05, 3.63) is 88.7 Å². The Balaban J connectivity index is 1.37. The molecule has 1 amide bonds. The van der Waals surface area contributed by atoms with Crippen LogP contribution in [0, 0.1) is 5.82 Å². The number of pyridine rings is 1. The molecular weight excluding hydrogens is 413 g/mol. The maximum atomic E-state index is 13.5. The summed E-state index contributed by atoms with van der Waals surface area (Å²) < 4.78 is 27.7. The Morgan fingerprint density at radius 2 is 1.75 bits per heavy atom. The summed E-state index contributed by atoms with van der Waals surface area (Å²) in [6.07, 6.45) is 3.39. The number of hydrogen-bond acceptors (Lipinski definition) is 4. The number of halogens is 1. The van der Waals surface area contributed by atoms with Gasteiger partial charge in [-0.1, -0.05) is 12.1 Å². The van der Waals surface area contributed by atoms with Crippen LogP contribution in [0.3, 0.4) is 0 Å². The lowest BCUT2D eigenvalue weighted by atomic mass is 10.2. The lowest BCUT2D eigenvalue weighted by Crippen LogP contribution is -2.28. The number of benzene rings is 2. The molecule has 2 aromatic carbocycles. The Kier molecular flexibility index (Phi) is 5.10. The van der Waals surface area contributed by atoms with Crippen molar-refractivity contribution in [2.75, 3.05) is 18.5 Å². The molecule has 0 aliphatic carbocycles. The number of anilines is 1. The number of nitrogens with one attached hydrogen (secondary N) is 1. The molecule has 1 aliphatic heterocycles. The van der Waals surface area contributed by atoms with E-state index in [1.54, 1.807) is 53.4 Å². The molecule has 8 heteroatoms. The number of carbonyl (C=O) groups excluding carboxylic acids is 1. The van der Waals surface area contributed by atoms with Crippen molar-refractivity contribution in [3.8, 4) is 11.5 Å². The van der Waals surface area contributed by atoms with Crippen LogP contribution < -0.4 is 20.3 Å². The van der Waals surface area contributed by atoms with Crippen LogP contribution in [0.15, 0.2) is 71.8 Å². The topological polar surface area (TPSA) is 74.5 Å². The predicted molar refractivity (Wildman–Crippen MR) is 118 cm³/mol. The van der Waals surface area contributed by atoms with Gasteiger partial charge >= 0.3 is 0 Å². The summed E-state index contributed by atoms with van der Waals surface area (Å²) in [5.41, 5.74) is 1.47. The molecule has 0 atom stereocenters. The maximum Gasteiger partial charge on any atom is 0.275 e. The number of carbonyl (C=O) groups is 1.